The molecule has 0 aliphatic carbocycles. The fraction of sp³-hybridized carbons (Fsp3) is 0.333. The molecular weight excluding hydrogens is 261 g/mol. The molecule has 0 saturated heterocycles. The van der Waals surface area contributed by atoms with E-state index in [2.05, 4.69) is 34.5 Å². The van der Waals surface area contributed by atoms with Crippen LogP contribution in [-0.4, -0.2) is 24.8 Å². The van der Waals surface area contributed by atoms with Gasteiger partial charge in [-0.25, -0.2) is 0 Å². The highest BCUT2D eigenvalue weighted by Crippen LogP contribution is 2.30. The van der Waals surface area contributed by atoms with E-state index in [4.69, 9.17) is 23.2 Å². The van der Waals surface area contributed by atoms with Crippen LogP contribution in [0.1, 0.15) is 0 Å². The van der Waals surface area contributed by atoms with E-state index >= 15 is 0 Å². The number of benzene rings is 1. The Morgan fingerprint density at radius 3 is 2.50 bits per heavy atom. The molecule has 0 saturated carbocycles. The van der Waals surface area contributed by atoms with Crippen LogP contribution in [0.3, 0.4) is 0 Å². The molecule has 0 unspecified atom stereocenters. The van der Waals surface area contributed by atoms with Gasteiger partial charge >= 0.3 is 0 Å². The SMILES string of the molecule is ClCCN(CCCl)c1cccc2sccc12. The Bertz CT molecular complexity index is 449. The van der Waals surface area contributed by atoms with Gasteiger partial charge in [0.2, 0.25) is 0 Å². The molecule has 1 heterocycles. The lowest BCUT2D eigenvalue weighted by Gasteiger charge is -2.23. The van der Waals surface area contributed by atoms with Crippen molar-refractivity contribution in [2.45, 2.75) is 0 Å². The van der Waals surface area contributed by atoms with Crippen molar-refractivity contribution in [1.82, 2.24) is 0 Å². The standard InChI is InChI=1S/C12H13Cl2NS/c13-5-7-15(8-6-14)11-2-1-3-12-10(11)4-9-16-12/h1-4,9H,5-8H2. The third kappa shape index (κ3) is 2.45. The van der Waals surface area contributed by atoms with Gasteiger partial charge in [-0.05, 0) is 23.6 Å². The second-order valence-corrected chi connectivity index (χ2v) is 5.18. The highest BCUT2D eigenvalue weighted by atomic mass is 35.5. The maximum atomic E-state index is 5.82. The Morgan fingerprint density at radius 1 is 1.06 bits per heavy atom. The maximum absolute atomic E-state index is 5.82. The number of fused-ring (bicyclic) bond motifs is 1. The first-order chi connectivity index (χ1) is 7.86. The third-order valence-electron chi connectivity index (χ3n) is 2.52. The Kier molecular flexibility index (Phi) is 4.33. The Balaban J connectivity index is 2.38. The van der Waals surface area contributed by atoms with Gasteiger partial charge in [0.25, 0.3) is 0 Å². The van der Waals surface area contributed by atoms with Crippen molar-refractivity contribution in [3.8, 4) is 0 Å². The summed E-state index contributed by atoms with van der Waals surface area (Å²) in [4.78, 5) is 2.25. The molecule has 0 radical (unpaired) electrons. The summed E-state index contributed by atoms with van der Waals surface area (Å²) in [6.07, 6.45) is 0. The molecule has 0 spiro atoms. The van der Waals surface area contributed by atoms with Crippen molar-refractivity contribution < 1.29 is 0 Å². The predicted octanol–water partition coefficient (Wildman–Crippen LogP) is 4.19. The second kappa shape index (κ2) is 5.76. The van der Waals surface area contributed by atoms with E-state index in [1.165, 1.54) is 15.8 Å². The molecule has 1 aromatic heterocycles. The van der Waals surface area contributed by atoms with Crippen molar-refractivity contribution in [1.29, 1.82) is 0 Å². The molecule has 1 aromatic carbocycles. The molecule has 0 amide bonds. The number of alkyl halides is 2. The van der Waals surface area contributed by atoms with E-state index in [1.807, 2.05) is 0 Å². The summed E-state index contributed by atoms with van der Waals surface area (Å²) in [6, 6.07) is 8.52. The van der Waals surface area contributed by atoms with Crippen LogP contribution in [0, 0.1) is 0 Å². The maximum Gasteiger partial charge on any atom is 0.0455 e. The minimum absolute atomic E-state index is 0.622. The number of rotatable bonds is 5. The number of thiophene rings is 1. The lowest BCUT2D eigenvalue weighted by Crippen LogP contribution is -2.27. The monoisotopic (exact) mass is 273 g/mol. The number of hydrogen-bond donors (Lipinski definition) is 0. The molecule has 2 aromatic rings. The summed E-state index contributed by atoms with van der Waals surface area (Å²) >= 11 is 13.4. The Morgan fingerprint density at radius 2 is 1.81 bits per heavy atom. The summed E-state index contributed by atoms with van der Waals surface area (Å²) in [6.45, 7) is 1.67. The van der Waals surface area contributed by atoms with Gasteiger partial charge in [-0.1, -0.05) is 6.07 Å². The van der Waals surface area contributed by atoms with Crippen molar-refractivity contribution >= 4 is 50.3 Å². The van der Waals surface area contributed by atoms with E-state index in [1.54, 1.807) is 11.3 Å². The van der Waals surface area contributed by atoms with Gasteiger partial charge in [-0.15, -0.1) is 34.5 Å². The van der Waals surface area contributed by atoms with E-state index in [0.717, 1.165) is 13.1 Å². The van der Waals surface area contributed by atoms with Crippen molar-refractivity contribution in [2.24, 2.45) is 0 Å². The molecule has 0 bridgehead atoms. The topological polar surface area (TPSA) is 3.24 Å². The first-order valence-corrected chi connectivity index (χ1v) is 7.15. The zero-order valence-corrected chi connectivity index (χ0v) is 11.2. The lowest BCUT2D eigenvalue weighted by atomic mass is 10.2. The van der Waals surface area contributed by atoms with Crippen LogP contribution >= 0.6 is 34.5 Å². The molecule has 0 aliphatic heterocycles. The van der Waals surface area contributed by atoms with Gasteiger partial charge in [0.05, 0.1) is 0 Å². The van der Waals surface area contributed by atoms with E-state index in [9.17, 15) is 0 Å². The van der Waals surface area contributed by atoms with Gasteiger partial charge in [-0.2, -0.15) is 0 Å². The largest absolute Gasteiger partial charge is 0.369 e. The molecule has 1 nitrogen and oxygen atoms in total. The minimum atomic E-state index is 0.622. The molecule has 4 heteroatoms. The number of hydrogen-bond acceptors (Lipinski definition) is 2. The zero-order chi connectivity index (χ0) is 11.4. The van der Waals surface area contributed by atoms with Crippen molar-refractivity contribution in [3.63, 3.8) is 0 Å². The van der Waals surface area contributed by atoms with Crippen molar-refractivity contribution in [2.75, 3.05) is 29.7 Å². The second-order valence-electron chi connectivity index (χ2n) is 3.47. The molecule has 0 N–H and O–H groups in total. The van der Waals surface area contributed by atoms with Crippen LogP contribution in [0.2, 0.25) is 0 Å². The first-order valence-electron chi connectivity index (χ1n) is 5.20. The van der Waals surface area contributed by atoms with E-state index < -0.39 is 0 Å². The van der Waals surface area contributed by atoms with Crippen LogP contribution < -0.4 is 4.90 Å². The van der Waals surface area contributed by atoms with Gasteiger partial charge < -0.3 is 4.90 Å². The average molecular weight is 274 g/mol. The zero-order valence-electron chi connectivity index (χ0n) is 8.83. The molecule has 0 aliphatic rings. The Labute approximate surface area is 110 Å². The average Bonchev–Trinajstić information content (AvgIpc) is 2.76. The van der Waals surface area contributed by atoms with Gasteiger partial charge in [0.15, 0.2) is 0 Å². The van der Waals surface area contributed by atoms with Crippen LogP contribution in [0.25, 0.3) is 10.1 Å². The summed E-state index contributed by atoms with van der Waals surface area (Å²) in [5.74, 6) is 1.24. The predicted molar refractivity (Wildman–Crippen MR) is 75.5 cm³/mol. The van der Waals surface area contributed by atoms with Crippen molar-refractivity contribution in [3.05, 3.63) is 29.6 Å². The lowest BCUT2D eigenvalue weighted by molar-refractivity contribution is 0.878. The van der Waals surface area contributed by atoms with Gasteiger partial charge in [0, 0.05) is 40.6 Å². The number of nitrogens with zero attached hydrogens (tertiary/aromatic N) is 1. The molecule has 2 rings (SSSR count). The number of halogens is 2. The smallest absolute Gasteiger partial charge is 0.0455 e. The molecule has 0 fully saturated rings. The van der Waals surface area contributed by atoms with Gasteiger partial charge in [-0.3, -0.25) is 0 Å². The highest BCUT2D eigenvalue weighted by molar-refractivity contribution is 7.17. The normalized spacial score (nSPS) is 10.9. The molecular formula is C12H13Cl2NS. The minimum Gasteiger partial charge on any atom is -0.369 e. The summed E-state index contributed by atoms with van der Waals surface area (Å²) in [7, 11) is 0. The molecule has 0 atom stereocenters. The van der Waals surface area contributed by atoms with Crippen LogP contribution in [0.5, 0.6) is 0 Å². The van der Waals surface area contributed by atoms with Crippen LogP contribution in [-0.2, 0) is 0 Å². The van der Waals surface area contributed by atoms with Gasteiger partial charge in [0.1, 0.15) is 0 Å². The first kappa shape index (κ1) is 12.0. The molecule has 86 valence electrons. The fourth-order valence-corrected chi connectivity index (χ4v) is 3.03. The third-order valence-corrected chi connectivity index (χ3v) is 3.74. The molecule has 16 heavy (non-hydrogen) atoms. The fourth-order valence-electron chi connectivity index (χ4n) is 1.81. The van der Waals surface area contributed by atoms with E-state index in [0.29, 0.717) is 11.8 Å². The Hall–Kier alpha value is -0.440. The summed E-state index contributed by atoms with van der Waals surface area (Å²) < 4.78 is 1.31. The highest BCUT2D eigenvalue weighted by Gasteiger charge is 2.09. The summed E-state index contributed by atoms with van der Waals surface area (Å²) in [5.41, 5.74) is 1.24. The quantitative estimate of drug-likeness (QED) is 0.739. The van der Waals surface area contributed by atoms with Crippen LogP contribution in [0.15, 0.2) is 29.6 Å². The van der Waals surface area contributed by atoms with E-state index in [-0.39, 0.29) is 0 Å². The number of anilines is 1. The summed E-state index contributed by atoms with van der Waals surface area (Å²) in [5, 5.41) is 3.41. The van der Waals surface area contributed by atoms with Crippen LogP contribution in [0.4, 0.5) is 5.69 Å².